The number of benzene rings is 2. The highest BCUT2D eigenvalue weighted by Crippen LogP contribution is 2.25. The van der Waals surface area contributed by atoms with Gasteiger partial charge in [0.1, 0.15) is 12.9 Å². The monoisotopic (exact) mass is 437 g/mol. The summed E-state index contributed by atoms with van der Waals surface area (Å²) < 4.78 is 18.5. The van der Waals surface area contributed by atoms with Gasteiger partial charge in [0.2, 0.25) is 5.69 Å². The standard InChI is InChI=1S/C14H10ClFNS2.HI/c1-17(11-5-3-10(16)4-6-11)14-18-12-7-2-9(15)8-13(12)19-14;/h2-8H,1H3;1H/q+1;/p-1. The van der Waals surface area contributed by atoms with Crippen molar-refractivity contribution in [3.63, 3.8) is 0 Å². The van der Waals surface area contributed by atoms with Crippen LogP contribution in [0, 0.1) is 5.82 Å². The van der Waals surface area contributed by atoms with E-state index in [-0.39, 0.29) is 29.8 Å². The van der Waals surface area contributed by atoms with Crippen LogP contribution in [0.3, 0.4) is 0 Å². The summed E-state index contributed by atoms with van der Waals surface area (Å²) in [6.45, 7) is 0. The lowest BCUT2D eigenvalue weighted by Gasteiger charge is -1.93. The maximum absolute atomic E-state index is 12.9. The number of nitrogens with zero attached hydrogens (tertiary/aromatic N) is 1. The van der Waals surface area contributed by atoms with Gasteiger partial charge in [-0.1, -0.05) is 34.3 Å². The van der Waals surface area contributed by atoms with Gasteiger partial charge in [0.15, 0.2) is 0 Å². The average Bonchev–Trinajstić information content (AvgIpc) is 2.81. The molecule has 0 amide bonds. The fourth-order valence-electron chi connectivity index (χ4n) is 1.76. The molecule has 104 valence electrons. The molecule has 6 heteroatoms. The molecule has 0 spiro atoms. The van der Waals surface area contributed by atoms with E-state index in [0.717, 1.165) is 14.7 Å². The van der Waals surface area contributed by atoms with Gasteiger partial charge in [-0.05, 0) is 30.3 Å². The SMILES string of the molecule is C[N+](c1ccc(F)cc1)=c1sc2ccc(Cl)cc2s1.[I-]. The highest BCUT2D eigenvalue weighted by Gasteiger charge is 2.09. The Morgan fingerprint density at radius 3 is 2.35 bits per heavy atom. The second-order valence-electron chi connectivity index (χ2n) is 4.10. The summed E-state index contributed by atoms with van der Waals surface area (Å²) in [5.41, 5.74) is 0.968. The van der Waals surface area contributed by atoms with Gasteiger partial charge < -0.3 is 24.0 Å². The first kappa shape index (κ1) is 15.9. The fourth-order valence-corrected chi connectivity index (χ4v) is 4.47. The summed E-state index contributed by atoms with van der Waals surface area (Å²) in [6.07, 6.45) is 0. The Morgan fingerprint density at radius 1 is 1.00 bits per heavy atom. The molecule has 1 heterocycles. The second kappa shape index (κ2) is 6.51. The van der Waals surface area contributed by atoms with Crippen LogP contribution in [0.25, 0.3) is 9.40 Å². The zero-order valence-electron chi connectivity index (χ0n) is 10.4. The van der Waals surface area contributed by atoms with Crippen molar-refractivity contribution in [2.24, 2.45) is 0 Å². The molecule has 0 fully saturated rings. The van der Waals surface area contributed by atoms with Crippen molar-refractivity contribution in [1.29, 1.82) is 0 Å². The molecule has 0 saturated heterocycles. The predicted molar refractivity (Wildman–Crippen MR) is 82.0 cm³/mol. The number of hydrogen-bond acceptors (Lipinski definition) is 2. The Kier molecular flexibility index (Phi) is 5.17. The highest BCUT2D eigenvalue weighted by molar-refractivity contribution is 7.35. The summed E-state index contributed by atoms with van der Waals surface area (Å²) in [5.74, 6) is -0.219. The molecule has 1 nitrogen and oxygen atoms in total. The second-order valence-corrected chi connectivity index (χ2v) is 6.85. The van der Waals surface area contributed by atoms with Crippen molar-refractivity contribution >= 4 is 49.4 Å². The number of halogens is 3. The smallest absolute Gasteiger partial charge is 0.320 e. The first-order valence-electron chi connectivity index (χ1n) is 5.65. The largest absolute Gasteiger partial charge is 1.00 e. The lowest BCUT2D eigenvalue weighted by molar-refractivity contribution is -0.00000411. The van der Waals surface area contributed by atoms with E-state index in [9.17, 15) is 4.39 Å². The number of hydrogen-bond donors (Lipinski definition) is 0. The third kappa shape index (κ3) is 3.21. The summed E-state index contributed by atoms with van der Waals surface area (Å²) in [4.78, 5) is 0. The van der Waals surface area contributed by atoms with E-state index < -0.39 is 0 Å². The molecule has 3 aromatic rings. The van der Waals surface area contributed by atoms with Crippen molar-refractivity contribution in [1.82, 2.24) is 4.58 Å². The molecule has 1 aromatic heterocycles. The van der Waals surface area contributed by atoms with Crippen molar-refractivity contribution in [3.05, 3.63) is 57.3 Å². The van der Waals surface area contributed by atoms with Crippen LogP contribution in [-0.2, 0) is 0 Å². The van der Waals surface area contributed by atoms with Crippen LogP contribution >= 0.6 is 34.3 Å². The lowest BCUT2D eigenvalue weighted by Crippen LogP contribution is -3.00. The van der Waals surface area contributed by atoms with Crippen molar-refractivity contribution < 1.29 is 28.4 Å². The normalized spacial score (nSPS) is 12.2. The van der Waals surface area contributed by atoms with Gasteiger partial charge in [0.05, 0.1) is 9.40 Å². The predicted octanol–water partition coefficient (Wildman–Crippen LogP) is 1.49. The van der Waals surface area contributed by atoms with Crippen molar-refractivity contribution in [2.75, 3.05) is 7.05 Å². The number of rotatable bonds is 1. The van der Waals surface area contributed by atoms with Gasteiger partial charge in [-0.25, -0.2) is 4.39 Å². The van der Waals surface area contributed by atoms with Crippen LogP contribution in [0.15, 0.2) is 42.5 Å². The van der Waals surface area contributed by atoms with E-state index in [1.807, 2.05) is 25.2 Å². The first-order valence-corrected chi connectivity index (χ1v) is 7.66. The molecule has 20 heavy (non-hydrogen) atoms. The van der Waals surface area contributed by atoms with Gasteiger partial charge in [0, 0.05) is 17.2 Å². The Bertz CT molecular complexity index is 808. The third-order valence-electron chi connectivity index (χ3n) is 2.79. The molecule has 0 saturated carbocycles. The Morgan fingerprint density at radius 2 is 1.65 bits per heavy atom. The minimum atomic E-state index is -0.219. The van der Waals surface area contributed by atoms with Crippen LogP contribution in [0.4, 0.5) is 10.1 Å². The van der Waals surface area contributed by atoms with Crippen LogP contribution in [0.5, 0.6) is 0 Å². The number of fused-ring (bicyclic) bond motifs is 1. The quantitative estimate of drug-likeness (QED) is 0.401. The van der Waals surface area contributed by atoms with E-state index in [2.05, 4.69) is 4.58 Å². The fraction of sp³-hybridized carbons (Fsp3) is 0.0714. The Hall–Kier alpha value is -0.500. The van der Waals surface area contributed by atoms with Gasteiger partial charge in [-0.3, -0.25) is 0 Å². The topological polar surface area (TPSA) is 3.01 Å². The first-order chi connectivity index (χ1) is 9.13. The molecule has 0 aliphatic heterocycles. The van der Waals surface area contributed by atoms with Crippen molar-refractivity contribution in [3.8, 4) is 0 Å². The maximum Gasteiger partial charge on any atom is 0.320 e. The van der Waals surface area contributed by atoms with Gasteiger partial charge in [-0.15, -0.1) is 0 Å². The summed E-state index contributed by atoms with van der Waals surface area (Å²) in [7, 11) is 1.98. The molecule has 0 bridgehead atoms. The van der Waals surface area contributed by atoms with Gasteiger partial charge in [-0.2, -0.15) is 4.58 Å². The average molecular weight is 438 g/mol. The molecule has 0 aliphatic rings. The Balaban J connectivity index is 0.00000147. The third-order valence-corrected chi connectivity index (χ3v) is 5.68. The molecule has 0 N–H and O–H groups in total. The van der Waals surface area contributed by atoms with E-state index >= 15 is 0 Å². The minimum Gasteiger partial charge on any atom is -1.00 e. The molecular weight excluding hydrogens is 428 g/mol. The Labute approximate surface area is 146 Å². The van der Waals surface area contributed by atoms with Crippen molar-refractivity contribution in [2.45, 2.75) is 0 Å². The molecule has 2 aromatic carbocycles. The molecule has 0 unspecified atom stereocenters. The highest BCUT2D eigenvalue weighted by atomic mass is 127. The van der Waals surface area contributed by atoms with Crippen LogP contribution in [0.2, 0.25) is 5.02 Å². The van der Waals surface area contributed by atoms with Crippen LogP contribution in [-0.4, -0.2) is 7.05 Å². The lowest BCUT2D eigenvalue weighted by atomic mass is 10.3. The van der Waals surface area contributed by atoms with E-state index in [1.165, 1.54) is 21.5 Å². The van der Waals surface area contributed by atoms with Crippen LogP contribution in [0.1, 0.15) is 0 Å². The summed E-state index contributed by atoms with van der Waals surface area (Å²) >= 11 is 9.39. The summed E-state index contributed by atoms with van der Waals surface area (Å²) in [6, 6.07) is 12.4. The van der Waals surface area contributed by atoms with E-state index in [4.69, 9.17) is 11.6 Å². The zero-order chi connectivity index (χ0) is 13.4. The van der Waals surface area contributed by atoms with E-state index in [1.54, 1.807) is 34.8 Å². The van der Waals surface area contributed by atoms with Crippen LogP contribution < -0.4 is 32.5 Å². The molecule has 0 atom stereocenters. The zero-order valence-corrected chi connectivity index (χ0v) is 15.0. The maximum atomic E-state index is 12.9. The molecular formula is C14H10ClFINS2. The summed E-state index contributed by atoms with van der Waals surface area (Å²) in [5, 5.41) is 0.748. The molecule has 3 rings (SSSR count). The molecule has 0 radical (unpaired) electrons. The minimum absolute atomic E-state index is 0. The van der Waals surface area contributed by atoms with Gasteiger partial charge >= 0.3 is 3.98 Å². The molecule has 0 aliphatic carbocycles. The van der Waals surface area contributed by atoms with Gasteiger partial charge in [0.25, 0.3) is 0 Å². The van der Waals surface area contributed by atoms with E-state index in [0.29, 0.717) is 0 Å².